The molecule has 1 atom stereocenters. The van der Waals surface area contributed by atoms with Crippen LogP contribution in [0.5, 0.6) is 0 Å². The van der Waals surface area contributed by atoms with Gasteiger partial charge in [0.25, 0.3) is 0 Å². The Morgan fingerprint density at radius 1 is 1.40 bits per heavy atom. The first kappa shape index (κ1) is 14.2. The smallest absolute Gasteiger partial charge is 0.249 e. The maximum absolute atomic E-state index is 12.2. The highest BCUT2D eigenvalue weighted by atomic mass is 16.2. The van der Waals surface area contributed by atoms with Crippen molar-refractivity contribution in [1.82, 2.24) is 15.0 Å². The van der Waals surface area contributed by atoms with Gasteiger partial charge in [-0.05, 0) is 31.0 Å². The minimum Gasteiger partial charge on any atom is -0.325 e. The van der Waals surface area contributed by atoms with Gasteiger partial charge in [0.2, 0.25) is 5.91 Å². The Labute approximate surface area is 118 Å². The first-order valence-corrected chi connectivity index (χ1v) is 6.64. The second kappa shape index (κ2) is 6.29. The summed E-state index contributed by atoms with van der Waals surface area (Å²) in [6.07, 6.45) is 2.54. The van der Waals surface area contributed by atoms with Gasteiger partial charge in [-0.25, -0.2) is 4.68 Å². The number of nitrogens with one attached hydrogen (secondary N) is 1. The second-order valence-electron chi connectivity index (χ2n) is 4.59. The maximum atomic E-state index is 12.2. The minimum atomic E-state index is -0.457. The summed E-state index contributed by atoms with van der Waals surface area (Å²) in [5.41, 5.74) is 8.32. The molecule has 106 valence electrons. The van der Waals surface area contributed by atoms with Gasteiger partial charge in [-0.1, -0.05) is 24.3 Å². The van der Waals surface area contributed by atoms with E-state index in [4.69, 9.17) is 5.73 Å². The Kier molecular flexibility index (Phi) is 4.47. The predicted octanol–water partition coefficient (Wildman–Crippen LogP) is 1.50. The molecule has 0 fully saturated rings. The van der Waals surface area contributed by atoms with E-state index in [1.807, 2.05) is 24.3 Å². The number of benzene rings is 1. The number of rotatable bonds is 5. The molecule has 1 heterocycles. The third kappa shape index (κ3) is 3.03. The second-order valence-corrected chi connectivity index (χ2v) is 4.59. The van der Waals surface area contributed by atoms with Gasteiger partial charge in [0.1, 0.15) is 6.04 Å². The van der Waals surface area contributed by atoms with Gasteiger partial charge in [-0.3, -0.25) is 4.79 Å². The fraction of sp³-hybridized carbons (Fsp3) is 0.357. The molecule has 0 aliphatic carbocycles. The zero-order valence-corrected chi connectivity index (χ0v) is 11.7. The molecule has 1 aromatic carbocycles. The molecule has 0 aliphatic rings. The molecule has 3 N–H and O–H groups in total. The van der Waals surface area contributed by atoms with E-state index in [0.29, 0.717) is 6.54 Å². The van der Waals surface area contributed by atoms with Crippen molar-refractivity contribution in [2.24, 2.45) is 5.73 Å². The lowest BCUT2D eigenvalue weighted by atomic mass is 10.1. The molecule has 0 bridgehead atoms. The van der Waals surface area contributed by atoms with Crippen LogP contribution in [0.4, 0.5) is 5.69 Å². The monoisotopic (exact) mass is 273 g/mol. The van der Waals surface area contributed by atoms with Crippen LogP contribution in [0.15, 0.2) is 30.5 Å². The van der Waals surface area contributed by atoms with Gasteiger partial charge in [0.15, 0.2) is 0 Å². The van der Waals surface area contributed by atoms with Gasteiger partial charge in [0, 0.05) is 12.2 Å². The first-order chi connectivity index (χ1) is 9.65. The maximum Gasteiger partial charge on any atom is 0.249 e. The molecule has 1 aromatic heterocycles. The Balaban J connectivity index is 2.07. The number of hydrogen-bond acceptors (Lipinski definition) is 4. The zero-order chi connectivity index (χ0) is 14.5. The lowest BCUT2D eigenvalue weighted by molar-refractivity contribution is -0.119. The van der Waals surface area contributed by atoms with Crippen LogP contribution in [0.2, 0.25) is 0 Å². The molecule has 1 amide bonds. The van der Waals surface area contributed by atoms with E-state index in [2.05, 4.69) is 22.6 Å². The molecule has 1 unspecified atom stereocenters. The van der Waals surface area contributed by atoms with Gasteiger partial charge >= 0.3 is 0 Å². The van der Waals surface area contributed by atoms with Crippen molar-refractivity contribution in [3.05, 3.63) is 41.7 Å². The highest BCUT2D eigenvalue weighted by Gasteiger charge is 2.18. The van der Waals surface area contributed by atoms with Gasteiger partial charge in [-0.2, -0.15) is 0 Å². The minimum absolute atomic E-state index is 0.144. The molecule has 6 heteroatoms. The number of carbonyl (C=O) groups excluding carboxylic acids is 1. The molecule has 0 spiro atoms. The summed E-state index contributed by atoms with van der Waals surface area (Å²) in [6, 6.07) is 7.34. The fourth-order valence-corrected chi connectivity index (χ4v) is 1.92. The molecule has 2 aromatic rings. The van der Waals surface area contributed by atoms with E-state index < -0.39 is 6.04 Å². The van der Waals surface area contributed by atoms with Crippen molar-refractivity contribution >= 4 is 11.6 Å². The van der Waals surface area contributed by atoms with Crippen LogP contribution in [0.3, 0.4) is 0 Å². The van der Waals surface area contributed by atoms with Gasteiger partial charge < -0.3 is 11.1 Å². The quantitative estimate of drug-likeness (QED) is 0.864. The number of amides is 1. The Morgan fingerprint density at radius 2 is 2.10 bits per heavy atom. The van der Waals surface area contributed by atoms with E-state index in [1.54, 1.807) is 13.1 Å². The van der Waals surface area contributed by atoms with Crippen LogP contribution in [0.25, 0.3) is 0 Å². The summed E-state index contributed by atoms with van der Waals surface area (Å²) in [6.45, 7) is 4.16. The van der Waals surface area contributed by atoms with Crippen molar-refractivity contribution in [3.63, 3.8) is 0 Å². The van der Waals surface area contributed by atoms with Crippen LogP contribution >= 0.6 is 0 Å². The van der Waals surface area contributed by atoms with Crippen molar-refractivity contribution in [1.29, 1.82) is 0 Å². The summed E-state index contributed by atoms with van der Waals surface area (Å²) in [5.74, 6) is -0.144. The van der Waals surface area contributed by atoms with E-state index in [0.717, 1.165) is 17.8 Å². The van der Waals surface area contributed by atoms with Gasteiger partial charge in [0.05, 0.1) is 11.9 Å². The van der Waals surface area contributed by atoms with Crippen LogP contribution in [-0.2, 0) is 17.8 Å². The highest BCUT2D eigenvalue weighted by Crippen LogP contribution is 2.14. The number of carbonyl (C=O) groups is 1. The van der Waals surface area contributed by atoms with E-state index >= 15 is 0 Å². The lowest BCUT2D eigenvalue weighted by Crippen LogP contribution is -2.26. The standard InChI is InChI=1S/C14H19N5O/c1-3-11-4-6-12(7-5-11)17-14(20)10(2)19-13(8-15)9-16-18-19/h4-7,9-10H,3,8,15H2,1-2H3,(H,17,20). The van der Waals surface area contributed by atoms with Gasteiger partial charge in [-0.15, -0.1) is 5.10 Å². The number of aromatic nitrogens is 3. The summed E-state index contributed by atoms with van der Waals surface area (Å²) < 4.78 is 1.54. The third-order valence-electron chi connectivity index (χ3n) is 3.23. The van der Waals surface area contributed by atoms with Crippen LogP contribution in [0.1, 0.15) is 31.1 Å². The molecule has 0 saturated heterocycles. The van der Waals surface area contributed by atoms with Crippen LogP contribution in [0, 0.1) is 0 Å². The van der Waals surface area contributed by atoms with Crippen molar-refractivity contribution in [3.8, 4) is 0 Å². The molecule has 20 heavy (non-hydrogen) atoms. The van der Waals surface area contributed by atoms with Crippen molar-refractivity contribution < 1.29 is 4.79 Å². The Bertz CT molecular complexity index is 576. The largest absolute Gasteiger partial charge is 0.325 e. The normalized spacial score (nSPS) is 12.2. The number of nitrogens with two attached hydrogens (primary N) is 1. The van der Waals surface area contributed by atoms with E-state index in [1.165, 1.54) is 10.2 Å². The average molecular weight is 273 g/mol. The molecule has 6 nitrogen and oxygen atoms in total. The SMILES string of the molecule is CCc1ccc(NC(=O)C(C)n2nncc2CN)cc1. The number of nitrogens with zero attached hydrogens (tertiary/aromatic N) is 3. The molecule has 0 radical (unpaired) electrons. The summed E-state index contributed by atoms with van der Waals surface area (Å²) >= 11 is 0. The Hall–Kier alpha value is -2.21. The Morgan fingerprint density at radius 3 is 2.70 bits per heavy atom. The predicted molar refractivity (Wildman–Crippen MR) is 77.1 cm³/mol. The van der Waals surface area contributed by atoms with Crippen molar-refractivity contribution in [2.75, 3.05) is 5.32 Å². The summed E-state index contributed by atoms with van der Waals surface area (Å²) in [4.78, 5) is 12.2. The first-order valence-electron chi connectivity index (χ1n) is 6.64. The van der Waals surface area contributed by atoms with Crippen LogP contribution < -0.4 is 11.1 Å². The summed E-state index contributed by atoms with van der Waals surface area (Å²) in [5, 5.41) is 10.5. The molecular formula is C14H19N5O. The number of hydrogen-bond donors (Lipinski definition) is 2. The number of aryl methyl sites for hydroxylation is 1. The third-order valence-corrected chi connectivity index (χ3v) is 3.23. The van der Waals surface area contributed by atoms with E-state index in [9.17, 15) is 4.79 Å². The zero-order valence-electron chi connectivity index (χ0n) is 11.7. The molecule has 0 aliphatic heterocycles. The summed E-state index contributed by atoms with van der Waals surface area (Å²) in [7, 11) is 0. The molecular weight excluding hydrogens is 254 g/mol. The fourth-order valence-electron chi connectivity index (χ4n) is 1.92. The lowest BCUT2D eigenvalue weighted by Gasteiger charge is -2.14. The van der Waals surface area contributed by atoms with Crippen LogP contribution in [-0.4, -0.2) is 20.9 Å². The molecule has 2 rings (SSSR count). The highest BCUT2D eigenvalue weighted by molar-refractivity contribution is 5.93. The van der Waals surface area contributed by atoms with Crippen molar-refractivity contribution in [2.45, 2.75) is 32.9 Å². The molecule has 0 saturated carbocycles. The number of anilines is 1. The van der Waals surface area contributed by atoms with E-state index in [-0.39, 0.29) is 5.91 Å². The topological polar surface area (TPSA) is 85.8 Å². The average Bonchev–Trinajstić information content (AvgIpc) is 2.95.